The third-order valence-electron chi connectivity index (χ3n) is 2.91. The number of rotatable bonds is 2. The Bertz CT molecular complexity index is 624. The van der Waals surface area contributed by atoms with E-state index in [4.69, 9.17) is 5.26 Å². The highest BCUT2D eigenvalue weighted by Gasteiger charge is 2.07. The van der Waals surface area contributed by atoms with Crippen molar-refractivity contribution in [3.63, 3.8) is 0 Å². The van der Waals surface area contributed by atoms with Crippen molar-refractivity contribution in [3.05, 3.63) is 52.7 Å². The monoisotopic (exact) mass is 237 g/mol. The fraction of sp³-hybridized carbons (Fsp3) is 0.200. The normalized spacial score (nSPS) is 9.89. The number of pyridine rings is 1. The van der Waals surface area contributed by atoms with E-state index in [0.29, 0.717) is 11.4 Å². The zero-order valence-electron chi connectivity index (χ0n) is 10.8. The van der Waals surface area contributed by atoms with Crippen LogP contribution in [-0.2, 0) is 0 Å². The molecule has 0 bridgehead atoms. The van der Waals surface area contributed by atoms with Crippen molar-refractivity contribution < 1.29 is 0 Å². The van der Waals surface area contributed by atoms with E-state index >= 15 is 0 Å². The Morgan fingerprint density at radius 3 is 2.56 bits per heavy atom. The van der Waals surface area contributed by atoms with E-state index < -0.39 is 0 Å². The van der Waals surface area contributed by atoms with E-state index in [0.717, 1.165) is 16.8 Å². The largest absolute Gasteiger partial charge is 0.339 e. The first-order chi connectivity index (χ1) is 8.61. The molecule has 0 saturated heterocycles. The molecule has 0 saturated carbocycles. The highest BCUT2D eigenvalue weighted by Crippen LogP contribution is 2.23. The lowest BCUT2D eigenvalue weighted by Gasteiger charge is -2.11. The Hall–Kier alpha value is -2.34. The van der Waals surface area contributed by atoms with Crippen LogP contribution in [0.5, 0.6) is 0 Å². The fourth-order valence-corrected chi connectivity index (χ4v) is 1.88. The maximum Gasteiger partial charge on any atom is 0.148 e. The van der Waals surface area contributed by atoms with Gasteiger partial charge in [0.2, 0.25) is 0 Å². The molecule has 18 heavy (non-hydrogen) atoms. The molecule has 0 fully saturated rings. The predicted octanol–water partition coefficient (Wildman–Crippen LogP) is 3.62. The SMILES string of the molecule is Cc1ccc(Nc2nccc(C)c2C#N)c(C)c1. The summed E-state index contributed by atoms with van der Waals surface area (Å²) in [5.41, 5.74) is 4.87. The van der Waals surface area contributed by atoms with Crippen molar-refractivity contribution >= 4 is 11.5 Å². The first kappa shape index (κ1) is 12.1. The van der Waals surface area contributed by atoms with Gasteiger partial charge in [0.25, 0.3) is 0 Å². The zero-order valence-corrected chi connectivity index (χ0v) is 10.8. The molecule has 1 aromatic carbocycles. The molecule has 90 valence electrons. The van der Waals surface area contributed by atoms with Crippen LogP contribution in [0.1, 0.15) is 22.3 Å². The van der Waals surface area contributed by atoms with Gasteiger partial charge >= 0.3 is 0 Å². The maximum absolute atomic E-state index is 9.16. The highest BCUT2D eigenvalue weighted by atomic mass is 15.0. The van der Waals surface area contributed by atoms with Crippen molar-refractivity contribution in [1.82, 2.24) is 4.98 Å². The summed E-state index contributed by atoms with van der Waals surface area (Å²) in [5.74, 6) is 0.615. The second-order valence-electron chi connectivity index (χ2n) is 4.41. The summed E-state index contributed by atoms with van der Waals surface area (Å²) < 4.78 is 0. The molecule has 0 amide bonds. The Labute approximate surface area is 107 Å². The first-order valence-electron chi connectivity index (χ1n) is 5.82. The molecule has 0 aliphatic rings. The van der Waals surface area contributed by atoms with E-state index in [1.54, 1.807) is 6.20 Å². The first-order valence-corrected chi connectivity index (χ1v) is 5.82. The van der Waals surface area contributed by atoms with Crippen LogP contribution in [0, 0.1) is 32.1 Å². The quantitative estimate of drug-likeness (QED) is 0.867. The van der Waals surface area contributed by atoms with Gasteiger partial charge in [-0.15, -0.1) is 0 Å². The van der Waals surface area contributed by atoms with Crippen molar-refractivity contribution in [2.24, 2.45) is 0 Å². The Kier molecular flexibility index (Phi) is 3.29. The summed E-state index contributed by atoms with van der Waals surface area (Å²) >= 11 is 0. The second-order valence-corrected chi connectivity index (χ2v) is 4.41. The van der Waals surface area contributed by atoms with Gasteiger partial charge in [-0.1, -0.05) is 17.7 Å². The zero-order chi connectivity index (χ0) is 13.1. The number of aryl methyl sites for hydroxylation is 3. The van der Waals surface area contributed by atoms with Gasteiger partial charge < -0.3 is 5.32 Å². The standard InChI is InChI=1S/C15H15N3/c1-10-4-5-14(12(3)8-10)18-15-13(9-16)11(2)6-7-17-15/h4-8H,1-3H3,(H,17,18). The second kappa shape index (κ2) is 4.89. The summed E-state index contributed by atoms with van der Waals surface area (Å²) in [4.78, 5) is 4.24. The lowest BCUT2D eigenvalue weighted by Crippen LogP contribution is -2.00. The van der Waals surface area contributed by atoms with Gasteiger partial charge in [-0.3, -0.25) is 0 Å². The minimum atomic E-state index is 0.595. The Morgan fingerprint density at radius 2 is 1.89 bits per heavy atom. The number of hydrogen-bond donors (Lipinski definition) is 1. The molecular formula is C15H15N3. The van der Waals surface area contributed by atoms with E-state index in [1.807, 2.05) is 32.0 Å². The van der Waals surface area contributed by atoms with E-state index in [-0.39, 0.29) is 0 Å². The summed E-state index contributed by atoms with van der Waals surface area (Å²) in [6.45, 7) is 6.01. The van der Waals surface area contributed by atoms with Crippen LogP contribution in [-0.4, -0.2) is 4.98 Å². The van der Waals surface area contributed by atoms with E-state index in [2.05, 4.69) is 29.4 Å². The van der Waals surface area contributed by atoms with Gasteiger partial charge in [-0.05, 0) is 44.0 Å². The number of anilines is 2. The molecule has 2 aromatic rings. The van der Waals surface area contributed by atoms with E-state index in [9.17, 15) is 0 Å². The van der Waals surface area contributed by atoms with Crippen LogP contribution < -0.4 is 5.32 Å². The number of aromatic nitrogens is 1. The topological polar surface area (TPSA) is 48.7 Å². The molecular weight excluding hydrogens is 222 g/mol. The smallest absolute Gasteiger partial charge is 0.148 e. The van der Waals surface area contributed by atoms with Gasteiger partial charge in [-0.2, -0.15) is 5.26 Å². The number of nitrogens with zero attached hydrogens (tertiary/aromatic N) is 2. The number of benzene rings is 1. The predicted molar refractivity (Wildman–Crippen MR) is 72.9 cm³/mol. The van der Waals surface area contributed by atoms with Gasteiger partial charge in [0.05, 0.1) is 5.56 Å². The number of nitriles is 1. The van der Waals surface area contributed by atoms with Crippen LogP contribution in [0.25, 0.3) is 0 Å². The van der Waals surface area contributed by atoms with Gasteiger partial charge in [0.15, 0.2) is 0 Å². The molecule has 1 aromatic heterocycles. The fourth-order valence-electron chi connectivity index (χ4n) is 1.88. The molecule has 0 unspecified atom stereocenters. The van der Waals surface area contributed by atoms with Crippen molar-refractivity contribution in [1.29, 1.82) is 5.26 Å². The summed E-state index contributed by atoms with van der Waals surface area (Å²) in [6, 6.07) is 10.2. The average molecular weight is 237 g/mol. The molecule has 3 heteroatoms. The molecule has 3 nitrogen and oxygen atoms in total. The Balaban J connectivity index is 2.41. The van der Waals surface area contributed by atoms with Crippen molar-refractivity contribution in [2.45, 2.75) is 20.8 Å². The van der Waals surface area contributed by atoms with Crippen molar-refractivity contribution in [2.75, 3.05) is 5.32 Å². The van der Waals surface area contributed by atoms with Crippen LogP contribution in [0.3, 0.4) is 0 Å². The molecule has 0 atom stereocenters. The van der Waals surface area contributed by atoms with Crippen LogP contribution in [0.4, 0.5) is 11.5 Å². The molecule has 0 radical (unpaired) electrons. The van der Waals surface area contributed by atoms with Crippen LogP contribution in [0.15, 0.2) is 30.5 Å². The highest BCUT2D eigenvalue weighted by molar-refractivity contribution is 5.66. The lowest BCUT2D eigenvalue weighted by molar-refractivity contribution is 1.24. The van der Waals surface area contributed by atoms with Crippen molar-refractivity contribution in [3.8, 4) is 6.07 Å². The summed E-state index contributed by atoms with van der Waals surface area (Å²) in [5, 5.41) is 12.4. The summed E-state index contributed by atoms with van der Waals surface area (Å²) in [7, 11) is 0. The van der Waals surface area contributed by atoms with Gasteiger partial charge in [0, 0.05) is 11.9 Å². The summed E-state index contributed by atoms with van der Waals surface area (Å²) in [6.07, 6.45) is 1.71. The van der Waals surface area contributed by atoms with Crippen LogP contribution >= 0.6 is 0 Å². The third kappa shape index (κ3) is 2.33. The van der Waals surface area contributed by atoms with Crippen LogP contribution in [0.2, 0.25) is 0 Å². The lowest BCUT2D eigenvalue weighted by atomic mass is 10.1. The average Bonchev–Trinajstić information content (AvgIpc) is 2.33. The number of hydrogen-bond acceptors (Lipinski definition) is 3. The maximum atomic E-state index is 9.16. The van der Waals surface area contributed by atoms with Gasteiger partial charge in [-0.25, -0.2) is 4.98 Å². The molecule has 2 rings (SSSR count). The molecule has 1 N–H and O–H groups in total. The molecule has 0 spiro atoms. The minimum absolute atomic E-state index is 0.595. The third-order valence-corrected chi connectivity index (χ3v) is 2.91. The molecule has 0 aliphatic heterocycles. The molecule has 0 aliphatic carbocycles. The number of nitrogens with one attached hydrogen (secondary N) is 1. The van der Waals surface area contributed by atoms with Gasteiger partial charge in [0.1, 0.15) is 11.9 Å². The Morgan fingerprint density at radius 1 is 1.11 bits per heavy atom. The molecule has 1 heterocycles. The minimum Gasteiger partial charge on any atom is -0.339 e. The van der Waals surface area contributed by atoms with E-state index in [1.165, 1.54) is 5.56 Å².